The van der Waals surface area contributed by atoms with E-state index in [1.165, 1.54) is 18.2 Å². The van der Waals surface area contributed by atoms with Crippen molar-refractivity contribution >= 4 is 17.8 Å². The molecule has 0 aromatic heterocycles. The Hall–Kier alpha value is -4.03. The van der Waals surface area contributed by atoms with Gasteiger partial charge in [0.15, 0.2) is 0 Å². The van der Waals surface area contributed by atoms with Crippen molar-refractivity contribution in [1.29, 1.82) is 0 Å². The van der Waals surface area contributed by atoms with E-state index in [4.69, 9.17) is 14.2 Å². The Morgan fingerprint density at radius 1 is 1.00 bits per heavy atom. The second-order valence-electron chi connectivity index (χ2n) is 8.49. The van der Waals surface area contributed by atoms with E-state index in [1.807, 2.05) is 0 Å². The minimum atomic E-state index is -5.06. The molecule has 2 bridgehead atoms. The number of alkyl halides is 6. The van der Waals surface area contributed by atoms with Crippen LogP contribution in [0.25, 0.3) is 0 Å². The first-order valence-electron chi connectivity index (χ1n) is 11.5. The molecule has 0 saturated carbocycles. The molecule has 4 rings (SSSR count). The summed E-state index contributed by atoms with van der Waals surface area (Å²) in [6.45, 7) is -0.898. The number of carbonyl (C=O) groups excluding carboxylic acids is 3. The van der Waals surface area contributed by atoms with E-state index in [2.05, 4.69) is 5.32 Å². The third-order valence-corrected chi connectivity index (χ3v) is 5.58. The fourth-order valence-electron chi connectivity index (χ4n) is 3.69. The van der Waals surface area contributed by atoms with Crippen LogP contribution in [-0.4, -0.2) is 37.6 Å². The molecule has 0 unspecified atom stereocenters. The Morgan fingerprint density at radius 2 is 1.67 bits per heavy atom. The molecule has 2 aromatic carbocycles. The zero-order chi connectivity index (χ0) is 28.8. The van der Waals surface area contributed by atoms with E-state index >= 15 is 0 Å². The Morgan fingerprint density at radius 3 is 2.28 bits per heavy atom. The lowest BCUT2D eigenvalue weighted by molar-refractivity contribution is -0.145. The predicted octanol–water partition coefficient (Wildman–Crippen LogP) is 5.01. The lowest BCUT2D eigenvalue weighted by Gasteiger charge is -2.18. The predicted molar refractivity (Wildman–Crippen MR) is 124 cm³/mol. The fourth-order valence-corrected chi connectivity index (χ4v) is 3.69. The monoisotopic (exact) mass is 559 g/mol. The van der Waals surface area contributed by atoms with Gasteiger partial charge in [0.05, 0.1) is 18.2 Å². The summed E-state index contributed by atoms with van der Waals surface area (Å²) in [5, 5.41) is 2.56. The molecule has 13 heteroatoms. The Labute approximate surface area is 218 Å². The molecule has 2 heterocycles. The van der Waals surface area contributed by atoms with E-state index in [0.717, 1.165) is 7.11 Å². The Bertz CT molecular complexity index is 1220. The number of ether oxygens (including phenoxy) is 3. The maximum absolute atomic E-state index is 13.2. The fraction of sp³-hybridized carbons (Fsp3) is 0.346. The zero-order valence-electron chi connectivity index (χ0n) is 20.4. The van der Waals surface area contributed by atoms with Crippen LogP contribution in [0.2, 0.25) is 0 Å². The van der Waals surface area contributed by atoms with Gasteiger partial charge < -0.3 is 19.5 Å². The van der Waals surface area contributed by atoms with Crippen molar-refractivity contribution in [3.8, 4) is 5.75 Å². The maximum Gasteiger partial charge on any atom is 0.416 e. The van der Waals surface area contributed by atoms with Gasteiger partial charge in [0.2, 0.25) is 5.91 Å². The van der Waals surface area contributed by atoms with E-state index in [1.54, 1.807) is 12.2 Å². The van der Waals surface area contributed by atoms with Gasteiger partial charge in [-0.25, -0.2) is 9.59 Å². The van der Waals surface area contributed by atoms with Crippen molar-refractivity contribution in [3.05, 3.63) is 76.4 Å². The highest BCUT2D eigenvalue weighted by Crippen LogP contribution is 2.36. The van der Waals surface area contributed by atoms with Crippen LogP contribution in [0.4, 0.5) is 26.3 Å². The quantitative estimate of drug-likeness (QED) is 0.322. The second-order valence-corrected chi connectivity index (χ2v) is 8.49. The van der Waals surface area contributed by atoms with Crippen molar-refractivity contribution in [3.63, 3.8) is 0 Å². The zero-order valence-corrected chi connectivity index (χ0v) is 20.4. The molecule has 0 spiro atoms. The van der Waals surface area contributed by atoms with Crippen LogP contribution in [0.3, 0.4) is 0 Å². The van der Waals surface area contributed by atoms with Gasteiger partial charge in [0, 0.05) is 12.8 Å². The van der Waals surface area contributed by atoms with Crippen LogP contribution in [0.15, 0.2) is 48.6 Å². The molecule has 1 atom stereocenters. The standard InChI is InChI=1S/C26H23F6NO6/c1-37-24(36)20-12-15-6-7-21(38-8-4-2-3-5-22(34)33-20)19(11-15)23(35)39-14-16-9-17(25(27,28)29)13-18(10-16)26(30,31)32/h2,4,6-7,9-11,13,20H,3,5,8,12,14H2,1H3,(H,33,34)/b4-2+/t20-/m0/s1. The molecule has 210 valence electrons. The van der Waals surface area contributed by atoms with Crippen LogP contribution in [0, 0.1) is 0 Å². The number of halogens is 6. The number of allylic oxidation sites excluding steroid dienone is 1. The first-order valence-corrected chi connectivity index (χ1v) is 11.5. The smallest absolute Gasteiger partial charge is 0.416 e. The third-order valence-electron chi connectivity index (χ3n) is 5.58. The average Bonchev–Trinajstić information content (AvgIpc) is 2.87. The second kappa shape index (κ2) is 12.2. The lowest BCUT2D eigenvalue weighted by atomic mass is 10.0. The van der Waals surface area contributed by atoms with Crippen molar-refractivity contribution in [2.45, 2.75) is 44.3 Å². The summed E-state index contributed by atoms with van der Waals surface area (Å²) in [6.07, 6.45) is -6.53. The number of hydrogen-bond acceptors (Lipinski definition) is 6. The molecule has 0 saturated heterocycles. The summed E-state index contributed by atoms with van der Waals surface area (Å²) >= 11 is 0. The molecule has 1 N–H and O–H groups in total. The molecule has 0 fully saturated rings. The summed E-state index contributed by atoms with van der Waals surface area (Å²) in [5.41, 5.74) is -3.42. The number of nitrogens with one attached hydrogen (secondary N) is 1. The van der Waals surface area contributed by atoms with Crippen LogP contribution < -0.4 is 10.1 Å². The summed E-state index contributed by atoms with van der Waals surface area (Å²) in [4.78, 5) is 37.3. The summed E-state index contributed by atoms with van der Waals surface area (Å²) < 4.78 is 94.3. The third kappa shape index (κ3) is 8.23. The number of amides is 1. The van der Waals surface area contributed by atoms with E-state index in [-0.39, 0.29) is 36.8 Å². The Balaban J connectivity index is 1.91. The molecule has 39 heavy (non-hydrogen) atoms. The normalized spacial score (nSPS) is 17.4. The topological polar surface area (TPSA) is 90.9 Å². The molecule has 2 aliphatic rings. The molecular formula is C26H23F6NO6. The van der Waals surface area contributed by atoms with Gasteiger partial charge >= 0.3 is 24.3 Å². The Kier molecular flexibility index (Phi) is 9.25. The van der Waals surface area contributed by atoms with E-state index in [0.29, 0.717) is 24.1 Å². The van der Waals surface area contributed by atoms with Gasteiger partial charge in [-0.1, -0.05) is 18.2 Å². The summed E-state index contributed by atoms with van der Waals surface area (Å²) in [5.74, 6) is -2.21. The van der Waals surface area contributed by atoms with Crippen molar-refractivity contribution in [2.24, 2.45) is 0 Å². The van der Waals surface area contributed by atoms with Crippen LogP contribution in [0.5, 0.6) is 5.75 Å². The number of hydrogen-bond donors (Lipinski definition) is 1. The van der Waals surface area contributed by atoms with Crippen molar-refractivity contribution in [1.82, 2.24) is 5.32 Å². The lowest BCUT2D eigenvalue weighted by Crippen LogP contribution is -2.43. The molecule has 0 aliphatic carbocycles. The number of benzene rings is 2. The number of fused-ring (bicyclic) bond motifs is 10. The van der Waals surface area contributed by atoms with Gasteiger partial charge in [-0.05, 0) is 47.9 Å². The number of carbonyl (C=O) groups is 3. The minimum Gasteiger partial charge on any atom is -0.489 e. The van der Waals surface area contributed by atoms with Crippen molar-refractivity contribution in [2.75, 3.05) is 13.7 Å². The summed E-state index contributed by atoms with van der Waals surface area (Å²) in [6, 6.07) is 4.02. The van der Waals surface area contributed by atoms with Gasteiger partial charge in [-0.15, -0.1) is 0 Å². The first-order chi connectivity index (χ1) is 18.3. The van der Waals surface area contributed by atoms with E-state index in [9.17, 15) is 40.7 Å². The minimum absolute atomic E-state index is 0.00536. The highest BCUT2D eigenvalue weighted by molar-refractivity contribution is 5.93. The van der Waals surface area contributed by atoms with Crippen LogP contribution in [-0.2, 0) is 44.4 Å². The van der Waals surface area contributed by atoms with Crippen molar-refractivity contribution < 1.29 is 54.9 Å². The average molecular weight is 559 g/mol. The van der Waals surface area contributed by atoms with Gasteiger partial charge in [-0.2, -0.15) is 26.3 Å². The largest absolute Gasteiger partial charge is 0.489 e. The maximum atomic E-state index is 13.2. The molecular weight excluding hydrogens is 536 g/mol. The molecule has 7 nitrogen and oxygen atoms in total. The van der Waals surface area contributed by atoms with Gasteiger partial charge in [-0.3, -0.25) is 4.79 Å². The van der Waals surface area contributed by atoms with Gasteiger partial charge in [0.1, 0.15) is 30.6 Å². The number of esters is 2. The summed E-state index contributed by atoms with van der Waals surface area (Å²) in [7, 11) is 1.14. The van der Waals surface area contributed by atoms with Crippen LogP contribution in [0.1, 0.15) is 45.5 Å². The number of methoxy groups -OCH3 is 1. The van der Waals surface area contributed by atoms with Crippen LogP contribution >= 0.6 is 0 Å². The molecule has 2 aromatic rings. The molecule has 1 amide bonds. The first kappa shape index (κ1) is 29.5. The SMILES string of the molecule is COC(=O)[C@@H]1Cc2ccc(c(C(=O)OCc3cc(C(F)(F)F)cc(C(F)(F)F)c3)c2)OC/C=C/CCC(=O)N1. The highest BCUT2D eigenvalue weighted by Gasteiger charge is 2.37. The molecule has 2 aliphatic heterocycles. The molecule has 0 radical (unpaired) electrons. The van der Waals surface area contributed by atoms with E-state index < -0.39 is 59.5 Å². The number of rotatable bonds is 4. The highest BCUT2D eigenvalue weighted by atomic mass is 19.4. The van der Waals surface area contributed by atoms with Gasteiger partial charge in [0.25, 0.3) is 0 Å².